The second-order valence-corrected chi connectivity index (χ2v) is 7.82. The van der Waals surface area contributed by atoms with Gasteiger partial charge in [0.05, 0.1) is 6.20 Å². The zero-order valence-electron chi connectivity index (χ0n) is 13.5. The van der Waals surface area contributed by atoms with E-state index in [1.807, 2.05) is 17.9 Å². The zero-order chi connectivity index (χ0) is 14.8. The van der Waals surface area contributed by atoms with E-state index in [0.717, 1.165) is 18.8 Å². The summed E-state index contributed by atoms with van der Waals surface area (Å²) in [4.78, 5) is 0. The molecule has 0 unspecified atom stereocenters. The summed E-state index contributed by atoms with van der Waals surface area (Å²) in [6, 6.07) is 0. The number of aromatic nitrogens is 2. The van der Waals surface area contributed by atoms with Crippen molar-refractivity contribution in [1.29, 1.82) is 0 Å². The van der Waals surface area contributed by atoms with Crippen LogP contribution in [0, 0.1) is 16.7 Å². The Morgan fingerprint density at radius 3 is 2.45 bits per heavy atom. The van der Waals surface area contributed by atoms with E-state index in [-0.39, 0.29) is 5.41 Å². The van der Waals surface area contributed by atoms with Gasteiger partial charge in [0.25, 0.3) is 0 Å². The molecule has 114 valence electrons. The van der Waals surface area contributed by atoms with E-state index in [1.165, 1.54) is 31.2 Å². The fourth-order valence-electron chi connectivity index (χ4n) is 3.59. The minimum atomic E-state index is 0.150. The van der Waals surface area contributed by atoms with Gasteiger partial charge in [0.2, 0.25) is 0 Å². The highest BCUT2D eigenvalue weighted by Gasteiger charge is 2.38. The minimum absolute atomic E-state index is 0.150. The van der Waals surface area contributed by atoms with Gasteiger partial charge in [-0.15, -0.1) is 0 Å². The van der Waals surface area contributed by atoms with Gasteiger partial charge >= 0.3 is 0 Å². The van der Waals surface area contributed by atoms with Crippen LogP contribution in [0.15, 0.2) is 12.4 Å². The summed E-state index contributed by atoms with van der Waals surface area (Å²) in [7, 11) is 1.96. The van der Waals surface area contributed by atoms with Crippen molar-refractivity contribution < 1.29 is 5.11 Å². The highest BCUT2D eigenvalue weighted by Crippen LogP contribution is 2.47. The largest absolute Gasteiger partial charge is 0.396 e. The van der Waals surface area contributed by atoms with E-state index < -0.39 is 0 Å². The van der Waals surface area contributed by atoms with E-state index in [9.17, 15) is 5.11 Å². The Labute approximate surface area is 123 Å². The molecule has 0 radical (unpaired) electrons. The minimum Gasteiger partial charge on any atom is -0.396 e. The van der Waals surface area contributed by atoms with Crippen molar-refractivity contribution in [1.82, 2.24) is 9.78 Å². The van der Waals surface area contributed by atoms with Crippen molar-refractivity contribution in [2.45, 2.75) is 59.3 Å². The molecule has 3 nitrogen and oxygen atoms in total. The van der Waals surface area contributed by atoms with Crippen LogP contribution in [0.1, 0.15) is 58.4 Å². The second kappa shape index (κ2) is 5.88. The molecule has 1 saturated carbocycles. The molecule has 1 aromatic heterocycles. The van der Waals surface area contributed by atoms with Crippen LogP contribution < -0.4 is 0 Å². The number of rotatable bonds is 4. The molecule has 0 aliphatic heterocycles. The number of aliphatic hydroxyl groups excluding tert-OH is 1. The lowest BCUT2D eigenvalue weighted by Crippen LogP contribution is -2.35. The maximum absolute atomic E-state index is 9.89. The molecule has 0 bridgehead atoms. The topological polar surface area (TPSA) is 38.0 Å². The average Bonchev–Trinajstić information content (AvgIpc) is 2.82. The highest BCUT2D eigenvalue weighted by atomic mass is 16.3. The van der Waals surface area contributed by atoms with Crippen molar-refractivity contribution >= 4 is 0 Å². The lowest BCUT2D eigenvalue weighted by Gasteiger charge is -2.43. The predicted molar refractivity (Wildman–Crippen MR) is 82.5 cm³/mol. The van der Waals surface area contributed by atoms with Gasteiger partial charge in [-0.1, -0.05) is 20.8 Å². The van der Waals surface area contributed by atoms with Gasteiger partial charge in [-0.3, -0.25) is 4.68 Å². The van der Waals surface area contributed by atoms with E-state index in [1.54, 1.807) is 0 Å². The van der Waals surface area contributed by atoms with Gasteiger partial charge in [-0.2, -0.15) is 5.10 Å². The average molecular weight is 278 g/mol. The number of hydrogen-bond donors (Lipinski definition) is 1. The SMILES string of the molecule is Cn1cc(CCC2(CO)CCC(C(C)(C)C)CC2)cn1. The van der Waals surface area contributed by atoms with Gasteiger partial charge < -0.3 is 5.11 Å². The molecule has 1 N–H and O–H groups in total. The first-order valence-corrected chi connectivity index (χ1v) is 7.93. The number of hydrogen-bond acceptors (Lipinski definition) is 2. The molecule has 3 heteroatoms. The third kappa shape index (κ3) is 3.63. The van der Waals surface area contributed by atoms with Gasteiger partial charge in [0, 0.05) is 19.9 Å². The molecule has 1 heterocycles. The summed E-state index contributed by atoms with van der Waals surface area (Å²) in [5.74, 6) is 0.806. The third-order valence-electron chi connectivity index (χ3n) is 5.31. The van der Waals surface area contributed by atoms with Crippen LogP contribution in [-0.2, 0) is 13.5 Å². The molecule has 1 fully saturated rings. The normalized spacial score (nSPS) is 27.8. The Hall–Kier alpha value is -0.830. The molecule has 0 atom stereocenters. The Bertz CT molecular complexity index is 422. The molecule has 0 saturated heterocycles. The maximum atomic E-state index is 9.89. The molecule has 0 aromatic carbocycles. The quantitative estimate of drug-likeness (QED) is 0.914. The first-order valence-electron chi connectivity index (χ1n) is 7.93. The van der Waals surface area contributed by atoms with E-state index in [4.69, 9.17) is 0 Å². The van der Waals surface area contributed by atoms with Crippen molar-refractivity contribution in [3.8, 4) is 0 Å². The lowest BCUT2D eigenvalue weighted by molar-refractivity contribution is 0.0306. The third-order valence-corrected chi connectivity index (χ3v) is 5.31. The molecule has 2 rings (SSSR count). The number of nitrogens with zero attached hydrogens (tertiary/aromatic N) is 2. The molecule has 1 aliphatic rings. The van der Waals surface area contributed by atoms with E-state index in [0.29, 0.717) is 12.0 Å². The summed E-state index contributed by atoms with van der Waals surface area (Å²) in [6.07, 6.45) is 11.0. The molecule has 0 spiro atoms. The van der Waals surface area contributed by atoms with Crippen molar-refractivity contribution in [2.75, 3.05) is 6.61 Å². The standard InChI is InChI=1S/C17H30N2O/c1-16(2,3)15-6-9-17(13-20,10-7-15)8-5-14-11-18-19(4)12-14/h11-12,15,20H,5-10,13H2,1-4H3. The fourth-order valence-corrected chi connectivity index (χ4v) is 3.59. The van der Waals surface area contributed by atoms with Gasteiger partial charge in [-0.25, -0.2) is 0 Å². The second-order valence-electron chi connectivity index (χ2n) is 7.82. The smallest absolute Gasteiger partial charge is 0.0521 e. The van der Waals surface area contributed by atoms with Crippen molar-refractivity contribution in [3.63, 3.8) is 0 Å². The number of aliphatic hydroxyl groups is 1. The van der Waals surface area contributed by atoms with Gasteiger partial charge in [-0.05, 0) is 60.8 Å². The van der Waals surface area contributed by atoms with E-state index >= 15 is 0 Å². The first kappa shape index (κ1) is 15.6. The Morgan fingerprint density at radius 1 is 1.35 bits per heavy atom. The van der Waals surface area contributed by atoms with Crippen molar-refractivity contribution in [3.05, 3.63) is 18.0 Å². The maximum Gasteiger partial charge on any atom is 0.0521 e. The molecule has 0 amide bonds. The van der Waals surface area contributed by atoms with Gasteiger partial charge in [0.1, 0.15) is 0 Å². The van der Waals surface area contributed by atoms with Crippen molar-refractivity contribution in [2.24, 2.45) is 23.8 Å². The van der Waals surface area contributed by atoms with Crippen LogP contribution in [0.25, 0.3) is 0 Å². The van der Waals surface area contributed by atoms with Crippen LogP contribution in [-0.4, -0.2) is 21.5 Å². The molecular formula is C17H30N2O. The lowest BCUT2D eigenvalue weighted by atomic mass is 9.63. The summed E-state index contributed by atoms with van der Waals surface area (Å²) < 4.78 is 1.86. The van der Waals surface area contributed by atoms with Crippen LogP contribution in [0.5, 0.6) is 0 Å². The summed E-state index contributed by atoms with van der Waals surface area (Å²) in [6.45, 7) is 7.38. The Morgan fingerprint density at radius 2 is 2.00 bits per heavy atom. The number of aryl methyl sites for hydroxylation is 2. The molecular weight excluding hydrogens is 248 g/mol. The van der Waals surface area contributed by atoms with Crippen LogP contribution in [0.3, 0.4) is 0 Å². The summed E-state index contributed by atoms with van der Waals surface area (Å²) in [5.41, 5.74) is 1.85. The predicted octanol–water partition coefficient (Wildman–Crippen LogP) is 3.57. The van der Waals surface area contributed by atoms with Crippen LogP contribution >= 0.6 is 0 Å². The first-order chi connectivity index (χ1) is 9.35. The summed E-state index contributed by atoms with van der Waals surface area (Å²) in [5, 5.41) is 14.1. The molecule has 1 aromatic rings. The fraction of sp³-hybridized carbons (Fsp3) is 0.824. The monoisotopic (exact) mass is 278 g/mol. The zero-order valence-corrected chi connectivity index (χ0v) is 13.5. The van der Waals surface area contributed by atoms with E-state index in [2.05, 4.69) is 32.1 Å². The van der Waals surface area contributed by atoms with Gasteiger partial charge in [0.15, 0.2) is 0 Å². The molecule has 20 heavy (non-hydrogen) atoms. The van der Waals surface area contributed by atoms with Crippen LogP contribution in [0.2, 0.25) is 0 Å². The Balaban J connectivity index is 1.91. The van der Waals surface area contributed by atoms with Crippen LogP contribution in [0.4, 0.5) is 0 Å². The highest BCUT2D eigenvalue weighted by molar-refractivity contribution is 5.05. The molecule has 1 aliphatic carbocycles. The Kier molecular flexibility index (Phi) is 4.58. The summed E-state index contributed by atoms with van der Waals surface area (Å²) >= 11 is 0.